The summed E-state index contributed by atoms with van der Waals surface area (Å²) in [6.45, 7) is 8.03. The zero-order valence-electron chi connectivity index (χ0n) is 9.66. The van der Waals surface area contributed by atoms with E-state index in [-0.39, 0.29) is 18.0 Å². The van der Waals surface area contributed by atoms with E-state index < -0.39 is 0 Å². The van der Waals surface area contributed by atoms with Gasteiger partial charge < -0.3 is 10.5 Å². The van der Waals surface area contributed by atoms with Crippen LogP contribution in [-0.4, -0.2) is 11.7 Å². The van der Waals surface area contributed by atoms with Crippen LogP contribution in [0.5, 0.6) is 0 Å². The molecule has 4 rings (SSSR count). The molecule has 1 aromatic carbocycles. The molecule has 3 N–H and O–H groups in total. The van der Waals surface area contributed by atoms with Crippen LogP contribution < -0.4 is 5.73 Å². The lowest BCUT2D eigenvalue weighted by molar-refractivity contribution is 0.0905. The number of fused-ring (bicyclic) bond motifs is 6. The van der Waals surface area contributed by atoms with Crippen molar-refractivity contribution in [1.29, 1.82) is 5.41 Å². The van der Waals surface area contributed by atoms with Gasteiger partial charge in [-0.2, -0.15) is 0 Å². The van der Waals surface area contributed by atoms with Gasteiger partial charge in [0.25, 0.3) is 0 Å². The Balaban J connectivity index is 2.00. The van der Waals surface area contributed by atoms with Crippen molar-refractivity contribution in [2.75, 3.05) is 0 Å². The summed E-state index contributed by atoms with van der Waals surface area (Å²) in [6, 6.07) is 3.94. The quantitative estimate of drug-likeness (QED) is 0.724. The summed E-state index contributed by atoms with van der Waals surface area (Å²) in [5, 5.41) is 7.80. The van der Waals surface area contributed by atoms with Crippen molar-refractivity contribution >= 4 is 11.7 Å². The zero-order valence-corrected chi connectivity index (χ0v) is 9.66. The minimum atomic E-state index is -0.113. The van der Waals surface area contributed by atoms with Gasteiger partial charge in [-0.25, -0.2) is 4.99 Å². The van der Waals surface area contributed by atoms with Crippen LogP contribution in [0.25, 0.3) is 0 Å². The molecule has 4 heteroatoms. The Morgan fingerprint density at radius 3 is 2.28 bits per heavy atom. The molecule has 18 heavy (non-hydrogen) atoms. The summed E-state index contributed by atoms with van der Waals surface area (Å²) in [5.41, 5.74) is 11.5. The Hall–Kier alpha value is -2.20. The minimum absolute atomic E-state index is 0.106. The molecule has 2 atom stereocenters. The van der Waals surface area contributed by atoms with E-state index in [0.717, 1.165) is 33.4 Å². The van der Waals surface area contributed by atoms with Gasteiger partial charge in [0.1, 0.15) is 18.0 Å². The van der Waals surface area contributed by atoms with Gasteiger partial charge in [0.05, 0.1) is 0 Å². The van der Waals surface area contributed by atoms with Crippen LogP contribution in [0.2, 0.25) is 0 Å². The molecule has 3 aliphatic heterocycles. The average Bonchev–Trinajstić information content (AvgIpc) is 2.94. The first-order chi connectivity index (χ1) is 8.58. The molecule has 2 bridgehead atoms. The number of hydrogen-bond donors (Lipinski definition) is 2. The van der Waals surface area contributed by atoms with Gasteiger partial charge in [0.15, 0.2) is 5.84 Å². The SMILES string of the molecule is C=C1C(=C)C2OC1c1cc3c(cc12)C(N)=NC3=N. The molecule has 0 amide bonds. The largest absolute Gasteiger partial charge is 0.383 e. The molecule has 0 aromatic heterocycles. The first-order valence-electron chi connectivity index (χ1n) is 5.72. The number of nitrogens with two attached hydrogens (primary N) is 1. The Bertz CT molecular complexity index is 699. The van der Waals surface area contributed by atoms with E-state index in [2.05, 4.69) is 18.2 Å². The highest BCUT2D eigenvalue weighted by atomic mass is 16.5. The standard InChI is InChI=1S/C14H11N3O/c1-5-6(2)12-8-4-10-9(13(15)17-14(10)16)3-7(8)11(5)18-12/h3-4,11-12H,1-2H2,(H3,15,16,17). The van der Waals surface area contributed by atoms with E-state index >= 15 is 0 Å². The molecule has 0 spiro atoms. The number of nitrogens with zero attached hydrogens (tertiary/aromatic N) is 1. The van der Waals surface area contributed by atoms with E-state index in [1.807, 2.05) is 12.1 Å². The maximum absolute atomic E-state index is 7.80. The van der Waals surface area contributed by atoms with Crippen LogP contribution in [0.1, 0.15) is 34.5 Å². The molecular formula is C14H11N3O. The molecule has 3 heterocycles. The molecule has 0 aliphatic carbocycles. The van der Waals surface area contributed by atoms with Crippen LogP contribution in [0, 0.1) is 5.41 Å². The predicted molar refractivity (Wildman–Crippen MR) is 68.8 cm³/mol. The van der Waals surface area contributed by atoms with Gasteiger partial charge in [-0.3, -0.25) is 5.41 Å². The molecule has 3 aliphatic rings. The van der Waals surface area contributed by atoms with Crippen molar-refractivity contribution in [3.8, 4) is 0 Å². The number of benzene rings is 1. The Kier molecular flexibility index (Phi) is 1.52. The zero-order chi connectivity index (χ0) is 12.6. The van der Waals surface area contributed by atoms with E-state index in [1.54, 1.807) is 0 Å². The molecule has 1 saturated heterocycles. The Morgan fingerprint density at radius 2 is 1.67 bits per heavy atom. The molecule has 1 aromatic rings. The summed E-state index contributed by atoms with van der Waals surface area (Å²) >= 11 is 0. The van der Waals surface area contributed by atoms with Crippen LogP contribution in [-0.2, 0) is 4.74 Å². The van der Waals surface area contributed by atoms with Gasteiger partial charge in [0.2, 0.25) is 0 Å². The first kappa shape index (κ1) is 9.79. The number of amidine groups is 2. The van der Waals surface area contributed by atoms with Crippen molar-refractivity contribution in [3.05, 3.63) is 58.7 Å². The van der Waals surface area contributed by atoms with Crippen molar-refractivity contribution < 1.29 is 4.74 Å². The summed E-state index contributed by atoms with van der Waals surface area (Å²) in [4.78, 5) is 4.00. The fourth-order valence-corrected chi connectivity index (χ4v) is 2.90. The average molecular weight is 237 g/mol. The summed E-state index contributed by atoms with van der Waals surface area (Å²) < 4.78 is 5.87. The second kappa shape index (κ2) is 2.79. The third-order valence-electron chi connectivity index (χ3n) is 3.87. The molecule has 2 unspecified atom stereocenters. The lowest BCUT2D eigenvalue weighted by Crippen LogP contribution is -2.12. The molecule has 0 saturated carbocycles. The van der Waals surface area contributed by atoms with E-state index in [0.29, 0.717) is 5.84 Å². The molecular weight excluding hydrogens is 226 g/mol. The molecule has 0 radical (unpaired) electrons. The molecule has 88 valence electrons. The van der Waals surface area contributed by atoms with Gasteiger partial charge in [-0.15, -0.1) is 0 Å². The Morgan fingerprint density at radius 1 is 1.11 bits per heavy atom. The second-order valence-corrected chi connectivity index (χ2v) is 4.82. The van der Waals surface area contributed by atoms with E-state index in [9.17, 15) is 0 Å². The predicted octanol–water partition coefficient (Wildman–Crippen LogP) is 1.97. The van der Waals surface area contributed by atoms with Gasteiger partial charge >= 0.3 is 0 Å². The maximum Gasteiger partial charge on any atom is 0.154 e. The van der Waals surface area contributed by atoms with Crippen molar-refractivity contribution in [2.24, 2.45) is 10.7 Å². The third kappa shape index (κ3) is 0.912. The fourth-order valence-electron chi connectivity index (χ4n) is 2.90. The maximum atomic E-state index is 7.80. The number of nitrogens with one attached hydrogen (secondary N) is 1. The van der Waals surface area contributed by atoms with E-state index in [4.69, 9.17) is 15.9 Å². The van der Waals surface area contributed by atoms with Gasteiger partial charge in [-0.1, -0.05) is 13.2 Å². The van der Waals surface area contributed by atoms with Crippen LogP contribution in [0.3, 0.4) is 0 Å². The first-order valence-corrected chi connectivity index (χ1v) is 5.72. The Labute approximate surface area is 104 Å². The smallest absolute Gasteiger partial charge is 0.154 e. The van der Waals surface area contributed by atoms with Crippen molar-refractivity contribution in [3.63, 3.8) is 0 Å². The van der Waals surface area contributed by atoms with Crippen molar-refractivity contribution in [2.45, 2.75) is 12.2 Å². The highest BCUT2D eigenvalue weighted by Gasteiger charge is 2.44. The van der Waals surface area contributed by atoms with Gasteiger partial charge in [-0.05, 0) is 34.4 Å². The fraction of sp³-hybridized carbons (Fsp3) is 0.143. The molecule has 1 fully saturated rings. The number of rotatable bonds is 0. The lowest BCUT2D eigenvalue weighted by Gasteiger charge is -2.17. The highest BCUT2D eigenvalue weighted by Crippen LogP contribution is 2.56. The third-order valence-corrected chi connectivity index (χ3v) is 3.87. The normalized spacial score (nSPS) is 27.6. The van der Waals surface area contributed by atoms with Crippen molar-refractivity contribution in [1.82, 2.24) is 0 Å². The summed E-state index contributed by atoms with van der Waals surface area (Å²) in [5.74, 6) is 0.627. The summed E-state index contributed by atoms with van der Waals surface area (Å²) in [6.07, 6.45) is -0.220. The lowest BCUT2D eigenvalue weighted by atomic mass is 9.83. The molecule has 4 nitrogen and oxygen atoms in total. The van der Waals surface area contributed by atoms with Crippen LogP contribution >= 0.6 is 0 Å². The van der Waals surface area contributed by atoms with Crippen LogP contribution in [0.15, 0.2) is 41.4 Å². The highest BCUT2D eigenvalue weighted by molar-refractivity contribution is 6.21. The second-order valence-electron chi connectivity index (χ2n) is 4.82. The minimum Gasteiger partial charge on any atom is -0.383 e. The van der Waals surface area contributed by atoms with Crippen LogP contribution in [0.4, 0.5) is 0 Å². The topological polar surface area (TPSA) is 71.5 Å². The number of aliphatic imine (C=N–C) groups is 1. The summed E-state index contributed by atoms with van der Waals surface area (Å²) in [7, 11) is 0. The van der Waals surface area contributed by atoms with Gasteiger partial charge in [0, 0.05) is 11.1 Å². The monoisotopic (exact) mass is 237 g/mol. The number of ether oxygens (including phenoxy) is 1. The number of hydrogen-bond acceptors (Lipinski definition) is 3. The van der Waals surface area contributed by atoms with E-state index in [1.165, 1.54) is 0 Å².